The Bertz CT molecular complexity index is 348. The van der Waals surface area contributed by atoms with Crippen LogP contribution in [-0.2, 0) is 11.2 Å². The van der Waals surface area contributed by atoms with Crippen LogP contribution >= 0.6 is 11.8 Å². The number of aliphatic carboxylic acids is 1. The van der Waals surface area contributed by atoms with Gasteiger partial charge < -0.3 is 9.84 Å². The number of carboxylic acids is 1. The maximum absolute atomic E-state index is 10.6. The molecule has 1 aromatic rings. The van der Waals surface area contributed by atoms with E-state index in [9.17, 15) is 4.79 Å². The van der Waals surface area contributed by atoms with Gasteiger partial charge in [0.05, 0.1) is 13.0 Å². The number of carboxylic acid groups (broad SMARTS) is 1. The van der Waals surface area contributed by atoms with Crippen LogP contribution < -0.4 is 4.74 Å². The Morgan fingerprint density at radius 2 is 2.06 bits per heavy atom. The molecule has 1 aromatic carbocycles. The van der Waals surface area contributed by atoms with E-state index in [0.717, 1.165) is 17.9 Å². The first-order chi connectivity index (χ1) is 8.13. The second-order valence-electron chi connectivity index (χ2n) is 3.91. The Labute approximate surface area is 106 Å². The van der Waals surface area contributed by atoms with Crippen molar-refractivity contribution in [2.45, 2.75) is 13.3 Å². The van der Waals surface area contributed by atoms with Crippen LogP contribution in [0.4, 0.5) is 0 Å². The SMILES string of the molecule is COc1ccc(CCSCC(C)C(=O)O)cc1. The molecule has 0 aliphatic carbocycles. The Hall–Kier alpha value is -1.16. The maximum atomic E-state index is 10.6. The molecule has 94 valence electrons. The van der Waals surface area contributed by atoms with Crippen molar-refractivity contribution in [1.82, 2.24) is 0 Å². The highest BCUT2D eigenvalue weighted by Gasteiger charge is 2.09. The minimum absolute atomic E-state index is 0.268. The molecule has 1 unspecified atom stereocenters. The molecule has 0 saturated heterocycles. The lowest BCUT2D eigenvalue weighted by molar-refractivity contribution is -0.140. The standard InChI is InChI=1S/C13H18O3S/c1-10(13(14)15)9-17-8-7-11-3-5-12(16-2)6-4-11/h3-6,10H,7-9H2,1-2H3,(H,14,15). The van der Waals surface area contributed by atoms with Crippen molar-refractivity contribution in [3.05, 3.63) is 29.8 Å². The summed E-state index contributed by atoms with van der Waals surface area (Å²) in [6.45, 7) is 1.74. The molecule has 3 nitrogen and oxygen atoms in total. The number of rotatable bonds is 7. The van der Waals surface area contributed by atoms with E-state index in [0.29, 0.717) is 5.75 Å². The van der Waals surface area contributed by atoms with Gasteiger partial charge in [-0.05, 0) is 29.9 Å². The molecule has 0 radical (unpaired) electrons. The van der Waals surface area contributed by atoms with E-state index in [2.05, 4.69) is 0 Å². The van der Waals surface area contributed by atoms with Crippen LogP contribution in [-0.4, -0.2) is 29.7 Å². The number of aryl methyl sites for hydroxylation is 1. The Balaban J connectivity index is 2.24. The summed E-state index contributed by atoms with van der Waals surface area (Å²) in [5.74, 6) is 1.49. The van der Waals surface area contributed by atoms with E-state index >= 15 is 0 Å². The summed E-state index contributed by atoms with van der Waals surface area (Å²) in [6.07, 6.45) is 0.959. The molecule has 0 amide bonds. The Morgan fingerprint density at radius 3 is 2.59 bits per heavy atom. The second-order valence-corrected chi connectivity index (χ2v) is 5.06. The van der Waals surface area contributed by atoms with Gasteiger partial charge in [0.15, 0.2) is 0 Å². The average molecular weight is 254 g/mol. The third kappa shape index (κ3) is 5.13. The number of thioether (sulfide) groups is 1. The monoisotopic (exact) mass is 254 g/mol. The normalized spacial score (nSPS) is 12.1. The van der Waals surface area contributed by atoms with Gasteiger partial charge in [0.2, 0.25) is 0 Å². The Kier molecular flexibility index (Phi) is 5.91. The summed E-state index contributed by atoms with van der Waals surface area (Å²) in [7, 11) is 1.65. The van der Waals surface area contributed by atoms with Crippen LogP contribution in [0.5, 0.6) is 5.75 Å². The topological polar surface area (TPSA) is 46.5 Å². The highest BCUT2D eigenvalue weighted by Crippen LogP contribution is 2.14. The lowest BCUT2D eigenvalue weighted by Gasteiger charge is -2.06. The van der Waals surface area contributed by atoms with E-state index in [1.165, 1.54) is 5.56 Å². The van der Waals surface area contributed by atoms with E-state index < -0.39 is 5.97 Å². The molecule has 0 aromatic heterocycles. The van der Waals surface area contributed by atoms with Crippen molar-refractivity contribution >= 4 is 17.7 Å². The van der Waals surface area contributed by atoms with Gasteiger partial charge >= 0.3 is 5.97 Å². The molecule has 0 fully saturated rings. The highest BCUT2D eigenvalue weighted by atomic mass is 32.2. The van der Waals surface area contributed by atoms with Gasteiger partial charge in [0.25, 0.3) is 0 Å². The summed E-state index contributed by atoms with van der Waals surface area (Å²) >= 11 is 1.68. The lowest BCUT2D eigenvalue weighted by atomic mass is 10.2. The minimum atomic E-state index is -0.720. The molecule has 1 N–H and O–H groups in total. The summed E-state index contributed by atoms with van der Waals surface area (Å²) in [5, 5.41) is 8.73. The zero-order valence-electron chi connectivity index (χ0n) is 10.2. The quantitative estimate of drug-likeness (QED) is 0.760. The molecule has 0 aliphatic heterocycles. The fourth-order valence-corrected chi connectivity index (χ4v) is 2.36. The van der Waals surface area contributed by atoms with E-state index in [1.807, 2.05) is 24.3 Å². The molecule has 0 heterocycles. The average Bonchev–Trinajstić information content (AvgIpc) is 2.35. The Morgan fingerprint density at radius 1 is 1.41 bits per heavy atom. The van der Waals surface area contributed by atoms with Crippen LogP contribution in [0, 0.1) is 5.92 Å². The smallest absolute Gasteiger partial charge is 0.307 e. The summed E-state index contributed by atoms with van der Waals surface area (Å²) in [4.78, 5) is 10.6. The number of methoxy groups -OCH3 is 1. The molecule has 17 heavy (non-hydrogen) atoms. The van der Waals surface area contributed by atoms with Gasteiger partial charge in [0, 0.05) is 5.75 Å². The third-order valence-corrected chi connectivity index (χ3v) is 3.71. The number of ether oxygens (including phenoxy) is 1. The molecular weight excluding hydrogens is 236 g/mol. The van der Waals surface area contributed by atoms with Gasteiger partial charge in [-0.15, -0.1) is 0 Å². The molecule has 0 spiro atoms. The number of hydrogen-bond acceptors (Lipinski definition) is 3. The molecule has 4 heteroatoms. The van der Waals surface area contributed by atoms with Crippen LogP contribution in [0.25, 0.3) is 0 Å². The minimum Gasteiger partial charge on any atom is -0.497 e. The molecule has 0 saturated carbocycles. The first-order valence-electron chi connectivity index (χ1n) is 5.57. The van der Waals surface area contributed by atoms with E-state index in [-0.39, 0.29) is 5.92 Å². The van der Waals surface area contributed by atoms with Crippen molar-refractivity contribution in [1.29, 1.82) is 0 Å². The second kappa shape index (κ2) is 7.22. The van der Waals surface area contributed by atoms with Crippen LogP contribution in [0.3, 0.4) is 0 Å². The van der Waals surface area contributed by atoms with Crippen LogP contribution in [0.1, 0.15) is 12.5 Å². The zero-order chi connectivity index (χ0) is 12.7. The molecular formula is C13H18O3S. The first-order valence-corrected chi connectivity index (χ1v) is 6.72. The van der Waals surface area contributed by atoms with Crippen LogP contribution in [0.2, 0.25) is 0 Å². The van der Waals surface area contributed by atoms with Gasteiger partial charge in [-0.25, -0.2) is 0 Å². The summed E-state index contributed by atoms with van der Waals surface area (Å²) in [6, 6.07) is 7.97. The number of hydrogen-bond donors (Lipinski definition) is 1. The van der Waals surface area contributed by atoms with Gasteiger partial charge in [-0.3, -0.25) is 4.79 Å². The molecule has 1 atom stereocenters. The fourth-order valence-electron chi connectivity index (χ4n) is 1.31. The van der Waals surface area contributed by atoms with Gasteiger partial charge in [-0.1, -0.05) is 19.1 Å². The van der Waals surface area contributed by atoms with Crippen molar-refractivity contribution in [3.63, 3.8) is 0 Å². The predicted octanol–water partition coefficient (Wildman–Crippen LogP) is 2.69. The van der Waals surface area contributed by atoms with E-state index in [1.54, 1.807) is 25.8 Å². The van der Waals surface area contributed by atoms with Gasteiger partial charge in [0.1, 0.15) is 5.75 Å². The maximum Gasteiger partial charge on any atom is 0.307 e. The summed E-state index contributed by atoms with van der Waals surface area (Å²) in [5.41, 5.74) is 1.25. The molecule has 0 bridgehead atoms. The van der Waals surface area contributed by atoms with Crippen molar-refractivity contribution in [2.24, 2.45) is 5.92 Å². The largest absolute Gasteiger partial charge is 0.497 e. The van der Waals surface area contributed by atoms with Crippen molar-refractivity contribution in [2.75, 3.05) is 18.6 Å². The first kappa shape index (κ1) is 13.9. The molecule has 0 aliphatic rings. The van der Waals surface area contributed by atoms with Gasteiger partial charge in [-0.2, -0.15) is 11.8 Å². The zero-order valence-corrected chi connectivity index (χ0v) is 11.0. The summed E-state index contributed by atoms with van der Waals surface area (Å²) < 4.78 is 5.08. The number of benzene rings is 1. The van der Waals surface area contributed by atoms with E-state index in [4.69, 9.17) is 9.84 Å². The number of carbonyl (C=O) groups is 1. The third-order valence-electron chi connectivity index (χ3n) is 2.48. The fraction of sp³-hybridized carbons (Fsp3) is 0.462. The molecule has 1 rings (SSSR count). The highest BCUT2D eigenvalue weighted by molar-refractivity contribution is 7.99. The van der Waals surface area contributed by atoms with Crippen LogP contribution in [0.15, 0.2) is 24.3 Å². The van der Waals surface area contributed by atoms with Crippen molar-refractivity contribution in [3.8, 4) is 5.75 Å². The van der Waals surface area contributed by atoms with Crippen molar-refractivity contribution < 1.29 is 14.6 Å². The lowest BCUT2D eigenvalue weighted by Crippen LogP contribution is -2.12. The predicted molar refractivity (Wildman–Crippen MR) is 70.8 cm³/mol.